The van der Waals surface area contributed by atoms with Crippen LogP contribution in [0.2, 0.25) is 0 Å². The van der Waals surface area contributed by atoms with Gasteiger partial charge in [0.2, 0.25) is 11.8 Å². The third-order valence-electron chi connectivity index (χ3n) is 6.70. The second-order valence-electron chi connectivity index (χ2n) is 9.36. The molecule has 2 aliphatic rings. The topological polar surface area (TPSA) is 162 Å². The monoisotopic (exact) mass is 572 g/mol. The van der Waals surface area contributed by atoms with Gasteiger partial charge in [-0.05, 0) is 0 Å². The van der Waals surface area contributed by atoms with Crippen molar-refractivity contribution in [3.05, 3.63) is 54.2 Å². The summed E-state index contributed by atoms with van der Waals surface area (Å²) in [6.45, 7) is -0.452. The molecule has 0 radical (unpaired) electrons. The molecule has 216 valence electrons. The Bertz CT molecular complexity index is 1440. The Morgan fingerprint density at radius 1 is 1.10 bits per heavy atom. The number of rotatable bonds is 8. The Morgan fingerprint density at radius 3 is 2.51 bits per heavy atom. The van der Waals surface area contributed by atoms with E-state index in [0.29, 0.717) is 5.65 Å². The molecule has 1 atom stereocenters. The number of ether oxygens (including phenoxy) is 1. The first-order valence-corrected chi connectivity index (χ1v) is 12.7. The van der Waals surface area contributed by atoms with E-state index in [4.69, 9.17) is 9.84 Å². The van der Waals surface area contributed by atoms with Gasteiger partial charge in [-0.25, -0.2) is 18.6 Å². The summed E-state index contributed by atoms with van der Waals surface area (Å²) in [5.74, 6) is -3.29. The zero-order valence-corrected chi connectivity index (χ0v) is 21.6. The van der Waals surface area contributed by atoms with Gasteiger partial charge in [0.25, 0.3) is 5.91 Å². The first kappa shape index (κ1) is 27.7. The van der Waals surface area contributed by atoms with Crippen molar-refractivity contribution < 1.29 is 37.8 Å². The number of carbonyl (C=O) groups excluding carboxylic acids is 4. The quantitative estimate of drug-likeness (QED) is 0.324. The molecule has 2 saturated heterocycles. The summed E-state index contributed by atoms with van der Waals surface area (Å²) in [7, 11) is 0. The SMILES string of the molecule is O=C(CO)NCC1CN(c2cc(F)c(N3CCN(C(=O)CNC(=O)c4cn5ccncc5n4)CC3)c(F)c2)C(=O)O1. The van der Waals surface area contributed by atoms with Crippen LogP contribution in [0.1, 0.15) is 10.5 Å². The Morgan fingerprint density at radius 2 is 1.83 bits per heavy atom. The van der Waals surface area contributed by atoms with Crippen molar-refractivity contribution in [3.8, 4) is 0 Å². The van der Waals surface area contributed by atoms with E-state index in [1.807, 2.05) is 0 Å². The van der Waals surface area contributed by atoms with E-state index in [9.17, 15) is 19.2 Å². The average molecular weight is 573 g/mol. The summed E-state index contributed by atoms with van der Waals surface area (Å²) in [5, 5.41) is 13.7. The zero-order chi connectivity index (χ0) is 29.1. The molecule has 3 aromatic rings. The van der Waals surface area contributed by atoms with E-state index >= 15 is 8.78 Å². The Balaban J connectivity index is 1.14. The molecule has 2 aromatic heterocycles. The number of halogens is 2. The minimum absolute atomic E-state index is 0.0452. The van der Waals surface area contributed by atoms with Crippen molar-refractivity contribution in [2.45, 2.75) is 6.10 Å². The average Bonchev–Trinajstić information content (AvgIpc) is 3.57. The van der Waals surface area contributed by atoms with Crippen LogP contribution in [0.4, 0.5) is 25.0 Å². The molecule has 2 fully saturated rings. The number of aliphatic hydroxyl groups excluding tert-OH is 1. The van der Waals surface area contributed by atoms with Gasteiger partial charge in [-0.15, -0.1) is 0 Å². The van der Waals surface area contributed by atoms with Gasteiger partial charge in [0.05, 0.1) is 31.5 Å². The van der Waals surface area contributed by atoms with Gasteiger partial charge < -0.3 is 34.7 Å². The van der Waals surface area contributed by atoms with Gasteiger partial charge in [0, 0.05) is 56.9 Å². The minimum Gasteiger partial charge on any atom is -0.442 e. The first-order valence-electron chi connectivity index (χ1n) is 12.7. The van der Waals surface area contributed by atoms with Gasteiger partial charge in [-0.1, -0.05) is 0 Å². The number of anilines is 2. The van der Waals surface area contributed by atoms with Crippen LogP contribution in [0.15, 0.2) is 36.9 Å². The van der Waals surface area contributed by atoms with Crippen molar-refractivity contribution in [1.82, 2.24) is 29.9 Å². The molecule has 0 spiro atoms. The van der Waals surface area contributed by atoms with E-state index < -0.39 is 42.3 Å². The molecule has 1 aromatic carbocycles. The molecule has 0 bridgehead atoms. The summed E-state index contributed by atoms with van der Waals surface area (Å²) in [4.78, 5) is 60.6. The molecule has 1 unspecified atom stereocenters. The fraction of sp³-hybridized carbons (Fsp3) is 0.360. The molecule has 3 N–H and O–H groups in total. The van der Waals surface area contributed by atoms with E-state index in [2.05, 4.69) is 20.6 Å². The smallest absolute Gasteiger partial charge is 0.414 e. The van der Waals surface area contributed by atoms with Gasteiger partial charge in [0.15, 0.2) is 17.3 Å². The third kappa shape index (κ3) is 6.01. The third-order valence-corrected chi connectivity index (χ3v) is 6.70. The van der Waals surface area contributed by atoms with Crippen LogP contribution in [0, 0.1) is 11.6 Å². The molecule has 16 heteroatoms. The lowest BCUT2D eigenvalue weighted by Crippen LogP contribution is -2.51. The molecule has 41 heavy (non-hydrogen) atoms. The molecule has 0 saturated carbocycles. The number of hydrogen-bond donors (Lipinski definition) is 3. The summed E-state index contributed by atoms with van der Waals surface area (Å²) in [6, 6.07) is 2.05. The number of aliphatic hydroxyl groups is 1. The Hall–Kier alpha value is -4.86. The number of hydrogen-bond acceptors (Lipinski definition) is 9. The Kier molecular flexibility index (Phi) is 7.91. The summed E-state index contributed by atoms with van der Waals surface area (Å²) in [6.07, 6.45) is 4.64. The van der Waals surface area contributed by atoms with Crippen LogP contribution in [0.3, 0.4) is 0 Å². The highest BCUT2D eigenvalue weighted by molar-refractivity contribution is 5.95. The number of cyclic esters (lactones) is 1. The predicted octanol–water partition coefficient (Wildman–Crippen LogP) is -0.480. The van der Waals surface area contributed by atoms with Crippen LogP contribution >= 0.6 is 0 Å². The van der Waals surface area contributed by atoms with Gasteiger partial charge >= 0.3 is 6.09 Å². The molecular formula is C25H26F2N8O6. The highest BCUT2D eigenvalue weighted by Crippen LogP contribution is 2.31. The second-order valence-corrected chi connectivity index (χ2v) is 9.36. The lowest BCUT2D eigenvalue weighted by molar-refractivity contribution is -0.130. The Labute approximate surface area is 231 Å². The molecule has 2 aliphatic heterocycles. The van der Waals surface area contributed by atoms with E-state index in [1.54, 1.807) is 16.8 Å². The van der Waals surface area contributed by atoms with Crippen LogP contribution in [-0.2, 0) is 14.3 Å². The van der Waals surface area contributed by atoms with Crippen molar-refractivity contribution in [1.29, 1.82) is 0 Å². The largest absolute Gasteiger partial charge is 0.442 e. The number of nitrogens with zero attached hydrogens (tertiary/aromatic N) is 6. The number of amides is 4. The van der Waals surface area contributed by atoms with E-state index in [0.717, 1.165) is 17.0 Å². The number of nitrogens with one attached hydrogen (secondary N) is 2. The maximum absolute atomic E-state index is 15.1. The molecule has 14 nitrogen and oxygen atoms in total. The van der Waals surface area contributed by atoms with Crippen LogP contribution < -0.4 is 20.4 Å². The highest BCUT2D eigenvalue weighted by atomic mass is 19.1. The maximum atomic E-state index is 15.1. The summed E-state index contributed by atoms with van der Waals surface area (Å²) in [5.41, 5.74) is 0.295. The second kappa shape index (κ2) is 11.7. The number of fused-ring (bicyclic) bond motifs is 1. The van der Waals surface area contributed by atoms with Crippen molar-refractivity contribution >= 4 is 40.8 Å². The standard InChI is InChI=1S/C25H26F2N8O6/c26-17-7-15(35-12-16(41-25(35)40)9-29-21(37)14-36)8-18(27)23(17)33-5-3-32(4-6-33)22(38)11-30-24(39)19-13-34-2-1-28-10-20(34)31-19/h1-2,7-8,10,13,16,36H,3-6,9,11-12,14H2,(H,29,37)(H,30,39). The zero-order valence-electron chi connectivity index (χ0n) is 21.6. The predicted molar refractivity (Wildman–Crippen MR) is 138 cm³/mol. The lowest BCUT2D eigenvalue weighted by Gasteiger charge is -2.36. The van der Waals surface area contributed by atoms with E-state index in [-0.39, 0.29) is 68.8 Å². The van der Waals surface area contributed by atoms with Gasteiger partial charge in [0.1, 0.15) is 24.1 Å². The summed E-state index contributed by atoms with van der Waals surface area (Å²) < 4.78 is 36.9. The first-order chi connectivity index (χ1) is 19.7. The normalized spacial score (nSPS) is 17.1. The molecule has 0 aliphatic carbocycles. The summed E-state index contributed by atoms with van der Waals surface area (Å²) >= 11 is 0. The van der Waals surface area contributed by atoms with Crippen molar-refractivity contribution in [2.24, 2.45) is 0 Å². The van der Waals surface area contributed by atoms with Crippen LogP contribution in [0.5, 0.6) is 0 Å². The number of imidazole rings is 1. The van der Waals surface area contributed by atoms with Gasteiger partial charge in [-0.2, -0.15) is 0 Å². The molecule has 4 amide bonds. The molecule has 5 rings (SSSR count). The van der Waals surface area contributed by atoms with Crippen molar-refractivity contribution in [2.75, 3.05) is 62.2 Å². The maximum Gasteiger partial charge on any atom is 0.414 e. The number of piperazine rings is 1. The fourth-order valence-electron chi connectivity index (χ4n) is 4.62. The van der Waals surface area contributed by atoms with E-state index in [1.165, 1.54) is 22.2 Å². The highest BCUT2D eigenvalue weighted by Gasteiger charge is 2.34. The van der Waals surface area contributed by atoms with Gasteiger partial charge in [-0.3, -0.25) is 24.3 Å². The van der Waals surface area contributed by atoms with Crippen LogP contribution in [-0.4, -0.2) is 107 Å². The van der Waals surface area contributed by atoms with Crippen molar-refractivity contribution in [3.63, 3.8) is 0 Å². The fourth-order valence-corrected chi connectivity index (χ4v) is 4.62. The van der Waals surface area contributed by atoms with Crippen LogP contribution in [0.25, 0.3) is 5.65 Å². The lowest BCUT2D eigenvalue weighted by atomic mass is 10.2. The molecular weight excluding hydrogens is 546 g/mol. The number of carbonyl (C=O) groups is 4. The number of benzene rings is 1. The minimum atomic E-state index is -0.889. The number of aromatic nitrogens is 3. The molecule has 4 heterocycles.